The number of piperidine rings is 2. The summed E-state index contributed by atoms with van der Waals surface area (Å²) in [7, 11) is 0. The zero-order chi connectivity index (χ0) is 27.2. The molecule has 2 heterocycles. The first kappa shape index (κ1) is 26.6. The molecule has 2 saturated heterocycles. The maximum atomic E-state index is 13.7. The number of Topliss-reactive ketones (excluding diaryl/α,β-unsaturated/α-hetero) is 2. The third kappa shape index (κ3) is 4.48. The third-order valence-corrected chi connectivity index (χ3v) is 8.95. The Bertz CT molecular complexity index is 1210. The number of nitrogens with zero attached hydrogens (tertiary/aromatic N) is 2. The van der Waals surface area contributed by atoms with Gasteiger partial charge in [-0.05, 0) is 104 Å². The van der Waals surface area contributed by atoms with Crippen molar-refractivity contribution < 1.29 is 19.2 Å². The Morgan fingerprint density at radius 1 is 0.553 bits per heavy atom. The van der Waals surface area contributed by atoms with Crippen molar-refractivity contribution in [1.82, 2.24) is 9.80 Å². The van der Waals surface area contributed by atoms with Crippen LogP contribution in [0.25, 0.3) is 0 Å². The zero-order valence-electron chi connectivity index (χ0n) is 23.1. The molecule has 38 heavy (non-hydrogen) atoms. The molecule has 0 spiro atoms. The van der Waals surface area contributed by atoms with E-state index in [1.165, 1.54) is 12.8 Å². The van der Waals surface area contributed by atoms with Crippen molar-refractivity contribution in [2.45, 2.75) is 77.3 Å². The molecule has 2 aromatic carbocycles. The first-order chi connectivity index (χ1) is 18.0. The average molecular weight is 515 g/mol. The lowest BCUT2D eigenvalue weighted by Gasteiger charge is -2.40. The standard InChI is InChI=1S/C32H38N2O4/c1-31(2,33-15-7-5-8-16-33)29(37)21-11-13-23-25(19-21)28(36)26-20-22(12-14-24(26)27(23)35)30(38)32(3,4)34-17-9-6-10-18-34/h11-14,19-20H,5-10,15-18H2,1-4H3. The molecule has 0 unspecified atom stereocenters. The lowest BCUT2D eigenvalue weighted by molar-refractivity contribution is 0.0576. The van der Waals surface area contributed by atoms with Crippen LogP contribution in [0.5, 0.6) is 0 Å². The number of rotatable bonds is 6. The van der Waals surface area contributed by atoms with E-state index >= 15 is 0 Å². The molecule has 2 aliphatic heterocycles. The number of ketones is 4. The summed E-state index contributed by atoms with van der Waals surface area (Å²) in [5, 5.41) is 0. The summed E-state index contributed by atoms with van der Waals surface area (Å²) >= 11 is 0. The highest BCUT2D eigenvalue weighted by molar-refractivity contribution is 6.29. The summed E-state index contributed by atoms with van der Waals surface area (Å²) in [6.45, 7) is 11.2. The van der Waals surface area contributed by atoms with Crippen LogP contribution in [0.4, 0.5) is 0 Å². The van der Waals surface area contributed by atoms with Crippen LogP contribution in [0.15, 0.2) is 36.4 Å². The number of likely N-dealkylation sites (tertiary alicyclic amines) is 2. The van der Waals surface area contributed by atoms with Crippen LogP contribution < -0.4 is 0 Å². The molecule has 0 N–H and O–H groups in total. The molecule has 2 aromatic rings. The molecule has 2 fully saturated rings. The van der Waals surface area contributed by atoms with Gasteiger partial charge in [-0.3, -0.25) is 29.0 Å². The van der Waals surface area contributed by atoms with Crippen molar-refractivity contribution in [1.29, 1.82) is 0 Å². The summed E-state index contributed by atoms with van der Waals surface area (Å²) in [5.74, 6) is -0.676. The molecule has 0 radical (unpaired) electrons. The van der Waals surface area contributed by atoms with E-state index in [-0.39, 0.29) is 34.3 Å². The van der Waals surface area contributed by atoms with Gasteiger partial charge in [0.15, 0.2) is 23.1 Å². The largest absolute Gasteiger partial charge is 0.292 e. The molecule has 6 nitrogen and oxygen atoms in total. The van der Waals surface area contributed by atoms with Gasteiger partial charge < -0.3 is 0 Å². The van der Waals surface area contributed by atoms with Crippen LogP contribution in [0.1, 0.15) is 119 Å². The van der Waals surface area contributed by atoms with Gasteiger partial charge in [-0.15, -0.1) is 0 Å². The van der Waals surface area contributed by atoms with Gasteiger partial charge >= 0.3 is 0 Å². The Kier molecular flexibility index (Phi) is 6.99. The van der Waals surface area contributed by atoms with Crippen molar-refractivity contribution >= 4 is 23.1 Å². The number of carbonyl (C=O) groups is 4. The second-order valence-electron chi connectivity index (χ2n) is 12.1. The Hall–Kier alpha value is -2.96. The molecular formula is C32H38N2O4. The van der Waals surface area contributed by atoms with Gasteiger partial charge in [0.1, 0.15) is 0 Å². The Morgan fingerprint density at radius 2 is 0.895 bits per heavy atom. The van der Waals surface area contributed by atoms with Crippen LogP contribution in [-0.4, -0.2) is 70.2 Å². The molecule has 200 valence electrons. The highest BCUT2D eigenvalue weighted by Crippen LogP contribution is 2.32. The van der Waals surface area contributed by atoms with Crippen LogP contribution in [0.2, 0.25) is 0 Å². The average Bonchev–Trinajstić information content (AvgIpc) is 2.95. The van der Waals surface area contributed by atoms with E-state index < -0.39 is 11.1 Å². The molecule has 0 bridgehead atoms. The normalized spacial score (nSPS) is 19.2. The fourth-order valence-corrected chi connectivity index (χ4v) is 6.33. The monoisotopic (exact) mass is 514 g/mol. The lowest BCUT2D eigenvalue weighted by Crippen LogP contribution is -2.52. The number of hydrogen-bond acceptors (Lipinski definition) is 6. The van der Waals surface area contributed by atoms with Gasteiger partial charge in [-0.25, -0.2) is 0 Å². The summed E-state index contributed by atoms with van der Waals surface area (Å²) in [6, 6.07) is 9.72. The van der Waals surface area contributed by atoms with Crippen molar-refractivity contribution in [3.05, 3.63) is 69.8 Å². The second-order valence-corrected chi connectivity index (χ2v) is 12.1. The van der Waals surface area contributed by atoms with Crippen LogP contribution >= 0.6 is 0 Å². The molecule has 0 amide bonds. The summed E-state index contributed by atoms with van der Waals surface area (Å²) < 4.78 is 0. The molecular weight excluding hydrogens is 476 g/mol. The topological polar surface area (TPSA) is 74.8 Å². The Labute approximate surface area is 225 Å². The molecule has 5 rings (SSSR count). The number of fused-ring (bicyclic) bond motifs is 2. The fraction of sp³-hybridized carbons (Fsp3) is 0.500. The zero-order valence-corrected chi connectivity index (χ0v) is 23.1. The quantitative estimate of drug-likeness (QED) is 0.413. The highest BCUT2D eigenvalue weighted by Gasteiger charge is 2.39. The Morgan fingerprint density at radius 3 is 1.26 bits per heavy atom. The Balaban J connectivity index is 1.46. The van der Waals surface area contributed by atoms with Gasteiger partial charge in [0, 0.05) is 33.4 Å². The molecule has 0 saturated carbocycles. The van der Waals surface area contributed by atoms with Crippen molar-refractivity contribution in [3.63, 3.8) is 0 Å². The molecule has 0 aromatic heterocycles. The molecule has 6 heteroatoms. The van der Waals surface area contributed by atoms with Crippen LogP contribution in [-0.2, 0) is 0 Å². The summed E-state index contributed by atoms with van der Waals surface area (Å²) in [6.07, 6.45) is 6.63. The maximum absolute atomic E-state index is 13.7. The lowest BCUT2D eigenvalue weighted by atomic mass is 9.80. The SMILES string of the molecule is CC(C)(C(=O)c1ccc2c(c1)C(=O)c1cc(C(=O)C(C)(C)N3CCCCC3)ccc1C2=O)N1CCCCC1. The fourth-order valence-electron chi connectivity index (χ4n) is 6.33. The molecule has 1 aliphatic carbocycles. The smallest absolute Gasteiger partial charge is 0.194 e. The van der Waals surface area contributed by atoms with Crippen molar-refractivity contribution in [3.8, 4) is 0 Å². The van der Waals surface area contributed by atoms with Gasteiger partial charge in [0.25, 0.3) is 0 Å². The van der Waals surface area contributed by atoms with E-state index in [1.807, 2.05) is 27.7 Å². The number of hydrogen-bond donors (Lipinski definition) is 0. The van der Waals surface area contributed by atoms with E-state index in [0.717, 1.165) is 51.9 Å². The van der Waals surface area contributed by atoms with Crippen LogP contribution in [0, 0.1) is 0 Å². The maximum Gasteiger partial charge on any atom is 0.194 e. The van der Waals surface area contributed by atoms with Crippen molar-refractivity contribution in [2.75, 3.05) is 26.2 Å². The first-order valence-corrected chi connectivity index (χ1v) is 14.0. The van der Waals surface area contributed by atoms with Crippen molar-refractivity contribution in [2.24, 2.45) is 0 Å². The van der Waals surface area contributed by atoms with E-state index in [4.69, 9.17) is 0 Å². The number of benzene rings is 2. The summed E-state index contributed by atoms with van der Waals surface area (Å²) in [5.41, 5.74) is 0.558. The predicted octanol–water partition coefficient (Wildman–Crippen LogP) is 5.36. The van der Waals surface area contributed by atoms with E-state index in [0.29, 0.717) is 22.3 Å². The molecule has 3 aliphatic rings. The van der Waals surface area contributed by atoms with Gasteiger partial charge in [0.2, 0.25) is 0 Å². The third-order valence-electron chi connectivity index (χ3n) is 8.95. The minimum Gasteiger partial charge on any atom is -0.292 e. The summed E-state index contributed by atoms with van der Waals surface area (Å²) in [4.78, 5) is 58.7. The number of carbonyl (C=O) groups excluding carboxylic acids is 4. The molecule has 0 atom stereocenters. The van der Waals surface area contributed by atoms with E-state index in [2.05, 4.69) is 9.80 Å². The van der Waals surface area contributed by atoms with Gasteiger partial charge in [0.05, 0.1) is 11.1 Å². The minimum atomic E-state index is -0.700. The second kappa shape index (κ2) is 9.97. The predicted molar refractivity (Wildman–Crippen MR) is 147 cm³/mol. The highest BCUT2D eigenvalue weighted by atomic mass is 16.1. The van der Waals surface area contributed by atoms with E-state index in [1.54, 1.807) is 36.4 Å². The minimum absolute atomic E-state index is 0.0551. The van der Waals surface area contributed by atoms with E-state index in [9.17, 15) is 19.2 Å². The van der Waals surface area contributed by atoms with Crippen LogP contribution in [0.3, 0.4) is 0 Å². The van der Waals surface area contributed by atoms with Gasteiger partial charge in [-0.2, -0.15) is 0 Å². The van der Waals surface area contributed by atoms with Gasteiger partial charge in [-0.1, -0.05) is 25.0 Å². The first-order valence-electron chi connectivity index (χ1n) is 14.0.